The van der Waals surface area contributed by atoms with Gasteiger partial charge in [0.2, 0.25) is 0 Å². The SMILES string of the molecule is O=C(CCCOC(=O)OCC1(COC(=O)OCCCO)CSSC1)ON1C(=O)CCC1=O.O=C(CCO)ON1C(=O)CCC1=O.O=C1OCC2(CO1)CSSC2.O=C1OCCCO1.[2H]C#C. The molecular formula is C37H50N2O22S4. The number of amides is 4. The number of ether oxygens (including phenoxy) is 8. The zero-order chi connectivity index (χ0) is 48.8. The molecule has 0 saturated carbocycles. The van der Waals surface area contributed by atoms with Crippen LogP contribution in [0, 0.1) is 23.7 Å². The molecule has 364 valence electrons. The quantitative estimate of drug-likeness (QED) is 0.0595. The summed E-state index contributed by atoms with van der Waals surface area (Å²) in [5.74, 6) is -0.490. The maximum absolute atomic E-state index is 11.8. The van der Waals surface area contributed by atoms with E-state index in [4.69, 9.17) is 44.8 Å². The molecule has 0 aromatic heterocycles. The summed E-state index contributed by atoms with van der Waals surface area (Å²) in [4.78, 5) is 120. The molecule has 65 heavy (non-hydrogen) atoms. The predicted octanol–water partition coefficient (Wildman–Crippen LogP) is 2.75. The number of hydrogen-bond donors (Lipinski definition) is 2. The molecule has 0 aromatic rings. The Morgan fingerprint density at radius 2 is 1.03 bits per heavy atom. The summed E-state index contributed by atoms with van der Waals surface area (Å²) in [6.07, 6.45) is 3.96. The third-order valence-corrected chi connectivity index (χ3v) is 14.0. The Morgan fingerprint density at radius 1 is 0.615 bits per heavy atom. The Balaban J connectivity index is 0.000000354. The third-order valence-electron chi connectivity index (χ3n) is 8.32. The Hall–Kier alpha value is -4.82. The average molecular weight is 1000 g/mol. The van der Waals surface area contributed by atoms with Crippen molar-refractivity contribution in [1.29, 1.82) is 0 Å². The predicted molar refractivity (Wildman–Crippen MR) is 225 cm³/mol. The van der Waals surface area contributed by atoms with E-state index in [1.807, 2.05) is 21.6 Å². The summed E-state index contributed by atoms with van der Waals surface area (Å²) >= 11 is 0. The van der Waals surface area contributed by atoms with Gasteiger partial charge in [-0.1, -0.05) is 43.2 Å². The summed E-state index contributed by atoms with van der Waals surface area (Å²) in [6.45, 7) is 1.52. The topological polar surface area (TPSA) is 310 Å². The number of terminal acetylenes is 1. The molecule has 0 bridgehead atoms. The molecule has 24 nitrogen and oxygen atoms in total. The molecule has 0 atom stereocenters. The van der Waals surface area contributed by atoms with Crippen LogP contribution in [0.15, 0.2) is 0 Å². The average Bonchev–Trinajstić information content (AvgIpc) is 4.11. The summed E-state index contributed by atoms with van der Waals surface area (Å²) < 4.78 is 44.2. The maximum atomic E-state index is 11.8. The Labute approximate surface area is 389 Å². The van der Waals surface area contributed by atoms with Gasteiger partial charge in [-0.25, -0.2) is 28.8 Å². The first-order chi connectivity index (χ1) is 31.6. The zero-order valence-electron chi connectivity index (χ0n) is 35.9. The van der Waals surface area contributed by atoms with Crippen molar-refractivity contribution >= 4 is 103 Å². The number of imide groups is 2. The van der Waals surface area contributed by atoms with Gasteiger partial charge < -0.3 is 57.8 Å². The molecule has 4 amide bonds. The molecule has 2 N–H and O–H groups in total. The first-order valence-corrected chi connectivity index (χ1v) is 24.5. The van der Waals surface area contributed by atoms with E-state index in [0.29, 0.717) is 54.5 Å². The largest absolute Gasteiger partial charge is 0.508 e. The molecule has 28 heteroatoms. The van der Waals surface area contributed by atoms with E-state index in [9.17, 15) is 47.9 Å². The minimum Gasteiger partial charge on any atom is -0.434 e. The molecule has 6 rings (SSSR count). The zero-order valence-corrected chi connectivity index (χ0v) is 38.2. The second-order valence-corrected chi connectivity index (χ2v) is 18.6. The summed E-state index contributed by atoms with van der Waals surface area (Å²) in [6, 6.07) is 0. The molecule has 1 spiro atoms. The third kappa shape index (κ3) is 21.8. The number of hydroxylamine groups is 4. The number of carbonyl (C=O) groups is 10. The lowest BCUT2D eigenvalue weighted by atomic mass is 9.95. The van der Waals surface area contributed by atoms with E-state index < -0.39 is 65.6 Å². The number of aliphatic hydroxyl groups is 2. The van der Waals surface area contributed by atoms with Gasteiger partial charge in [0.05, 0.1) is 56.7 Å². The van der Waals surface area contributed by atoms with E-state index in [1.165, 1.54) is 6.40 Å². The van der Waals surface area contributed by atoms with Crippen molar-refractivity contribution in [2.24, 2.45) is 10.8 Å². The van der Waals surface area contributed by atoms with Crippen LogP contribution in [0.2, 0.25) is 0 Å². The van der Waals surface area contributed by atoms with Gasteiger partial charge in [-0.05, 0) is 6.42 Å². The Kier molecular flexibility index (Phi) is 26.1. The maximum Gasteiger partial charge on any atom is 0.508 e. The van der Waals surface area contributed by atoms with Gasteiger partial charge >= 0.3 is 36.6 Å². The number of cyclic esters (lactones) is 4. The highest BCUT2D eigenvalue weighted by Gasteiger charge is 2.42. The first-order valence-electron chi connectivity index (χ1n) is 20.0. The van der Waals surface area contributed by atoms with Crippen LogP contribution in [-0.2, 0) is 76.3 Å². The molecule has 0 radical (unpaired) electrons. The van der Waals surface area contributed by atoms with Crippen LogP contribution in [0.4, 0.5) is 19.2 Å². The molecule has 0 aromatic carbocycles. The van der Waals surface area contributed by atoms with Crippen LogP contribution in [0.5, 0.6) is 0 Å². The van der Waals surface area contributed by atoms with Crippen molar-refractivity contribution in [3.63, 3.8) is 0 Å². The normalized spacial score (nSPS) is 18.9. The fourth-order valence-corrected chi connectivity index (χ4v) is 11.5. The van der Waals surface area contributed by atoms with Crippen LogP contribution in [0.1, 0.15) is 59.2 Å². The minimum atomic E-state index is -0.935. The minimum absolute atomic E-state index is 0.00196. The number of carbonyl (C=O) groups excluding carboxylic acids is 10. The van der Waals surface area contributed by atoms with E-state index in [-0.39, 0.29) is 90.0 Å². The van der Waals surface area contributed by atoms with Crippen molar-refractivity contribution in [2.75, 3.05) is 89.1 Å². The fourth-order valence-electron chi connectivity index (χ4n) is 4.85. The lowest BCUT2D eigenvalue weighted by Crippen LogP contribution is -2.41. The summed E-state index contributed by atoms with van der Waals surface area (Å²) in [7, 11) is 6.77. The van der Waals surface area contributed by atoms with Crippen LogP contribution >= 0.6 is 43.2 Å². The molecule has 0 unspecified atom stereocenters. The standard InChI is InChI=1S/C18H25NO11S2.C7H9NO5.C6H8O3S2.C4H6O3.C2H2/c20-6-2-8-27-17(25)29-10-18(11-31-32-12-18)9-28-16(24)26-7-1-3-15(23)30-19-13(21)4-5-14(19)22;9-4-3-7(12)13-8-5(10)1-2-6(8)11;7-5-8-1-6(2-9-5)3-10-11-4-6;5-4-6-2-1-3-7-4;1-2/h20H,1-12H2;9H,1-4H2;1-4H2;1-3H2;1-2H/i;;;;1D. The number of nitrogens with zero attached hydrogens (tertiary/aromatic N) is 2. The monoisotopic (exact) mass is 1000 g/mol. The van der Waals surface area contributed by atoms with Crippen LogP contribution in [0.25, 0.3) is 0 Å². The van der Waals surface area contributed by atoms with E-state index in [0.717, 1.165) is 17.9 Å². The highest BCUT2D eigenvalue weighted by molar-refractivity contribution is 8.77. The molecule has 6 saturated heterocycles. The highest BCUT2D eigenvalue weighted by Crippen LogP contribution is 2.45. The van der Waals surface area contributed by atoms with Crippen LogP contribution in [0.3, 0.4) is 0 Å². The fraction of sp³-hybridized carbons (Fsp3) is 0.676. The van der Waals surface area contributed by atoms with Gasteiger partial charge in [0.15, 0.2) is 0 Å². The number of hydrogen-bond acceptors (Lipinski definition) is 26. The Morgan fingerprint density at radius 3 is 1.45 bits per heavy atom. The van der Waals surface area contributed by atoms with Gasteiger partial charge in [0, 0.05) is 68.1 Å². The molecule has 6 fully saturated rings. The summed E-state index contributed by atoms with van der Waals surface area (Å²) in [5.41, 5.74) is -0.466. The van der Waals surface area contributed by atoms with E-state index in [2.05, 4.69) is 20.7 Å². The molecule has 6 heterocycles. The second-order valence-electron chi connectivity index (χ2n) is 13.7. The van der Waals surface area contributed by atoms with Gasteiger partial charge in [-0.15, -0.1) is 22.9 Å². The van der Waals surface area contributed by atoms with Gasteiger partial charge in [-0.2, -0.15) is 0 Å². The number of rotatable bonds is 15. The van der Waals surface area contributed by atoms with Crippen LogP contribution in [-0.4, -0.2) is 170 Å². The van der Waals surface area contributed by atoms with Crippen LogP contribution < -0.4 is 0 Å². The van der Waals surface area contributed by atoms with Gasteiger partial charge in [0.25, 0.3) is 23.6 Å². The smallest absolute Gasteiger partial charge is 0.434 e. The Bertz CT molecular complexity index is 1650. The molecule has 6 aliphatic rings. The van der Waals surface area contributed by atoms with Crippen molar-refractivity contribution in [3.8, 4) is 12.8 Å². The lowest BCUT2D eigenvalue weighted by molar-refractivity contribution is -0.197. The van der Waals surface area contributed by atoms with Crippen molar-refractivity contribution in [3.05, 3.63) is 0 Å². The molecular weight excluding hydrogens is 953 g/mol. The van der Waals surface area contributed by atoms with E-state index >= 15 is 0 Å². The van der Waals surface area contributed by atoms with Gasteiger partial charge in [0.1, 0.15) is 27.8 Å². The summed E-state index contributed by atoms with van der Waals surface area (Å²) in [5, 5.41) is 17.9. The van der Waals surface area contributed by atoms with Crippen molar-refractivity contribution in [2.45, 2.75) is 57.8 Å². The lowest BCUT2D eigenvalue weighted by Gasteiger charge is -2.29. The number of aliphatic hydroxyl groups excluding tert-OH is 2. The van der Waals surface area contributed by atoms with E-state index in [1.54, 1.807) is 21.6 Å². The van der Waals surface area contributed by atoms with Crippen molar-refractivity contribution in [1.82, 2.24) is 10.1 Å². The first kappa shape index (κ1) is 54.5. The molecule has 0 aliphatic carbocycles. The van der Waals surface area contributed by atoms with Crippen molar-refractivity contribution < 1.29 is 107 Å². The second kappa shape index (κ2) is 31.2. The molecule has 6 aliphatic heterocycles. The highest BCUT2D eigenvalue weighted by atomic mass is 33.1. The van der Waals surface area contributed by atoms with Gasteiger partial charge in [-0.3, -0.25) is 19.2 Å².